The van der Waals surface area contributed by atoms with Crippen molar-refractivity contribution in [3.8, 4) is 0 Å². The molecule has 0 atom stereocenters. The smallest absolute Gasteiger partial charge is 0.251 e. The van der Waals surface area contributed by atoms with E-state index in [9.17, 15) is 4.79 Å². The standard InChI is InChI=1S/C32H40N2OS/c1-24(2)9-7-10-25(3)11-8-12-26(4)20-22-36-29-17-15-27(16-18-29)32(35)33-21-19-28-23-34-31-14-6-5-13-30(28)31/h5-6,9,11,13-18,20,23,34H,7-8,10,12,19,21-22H2,1-4H3,(H,33,35)/b25-11+,26-20+. The maximum atomic E-state index is 12.5. The molecule has 0 radical (unpaired) electrons. The number of amides is 1. The molecule has 3 nitrogen and oxygen atoms in total. The van der Waals surface area contributed by atoms with Crippen molar-refractivity contribution in [1.29, 1.82) is 0 Å². The van der Waals surface area contributed by atoms with E-state index < -0.39 is 0 Å². The summed E-state index contributed by atoms with van der Waals surface area (Å²) in [5.41, 5.74) is 7.38. The van der Waals surface area contributed by atoms with Crippen molar-refractivity contribution in [2.75, 3.05) is 12.3 Å². The molecule has 0 unspecified atom stereocenters. The molecule has 0 bridgehead atoms. The molecule has 190 valence electrons. The maximum absolute atomic E-state index is 12.5. The molecule has 3 aromatic rings. The van der Waals surface area contributed by atoms with Crippen LogP contribution >= 0.6 is 11.8 Å². The van der Waals surface area contributed by atoms with E-state index in [1.165, 1.54) is 32.6 Å². The van der Waals surface area contributed by atoms with Gasteiger partial charge in [0, 0.05) is 39.9 Å². The Bertz CT molecular complexity index is 1210. The lowest BCUT2D eigenvalue weighted by Gasteiger charge is -2.06. The molecule has 1 amide bonds. The summed E-state index contributed by atoms with van der Waals surface area (Å²) in [6.45, 7) is 9.39. The molecule has 1 heterocycles. The highest BCUT2D eigenvalue weighted by molar-refractivity contribution is 7.99. The molecule has 0 aliphatic rings. The second kappa shape index (κ2) is 14.5. The van der Waals surface area contributed by atoms with Gasteiger partial charge < -0.3 is 10.3 Å². The Morgan fingerprint density at radius 3 is 2.33 bits per heavy atom. The van der Waals surface area contributed by atoms with Crippen LogP contribution in [0.5, 0.6) is 0 Å². The van der Waals surface area contributed by atoms with Gasteiger partial charge >= 0.3 is 0 Å². The molecule has 0 saturated carbocycles. The molecule has 0 saturated heterocycles. The fraction of sp³-hybridized carbons (Fsp3) is 0.344. The Hall–Kier alpha value is -2.98. The van der Waals surface area contributed by atoms with E-state index in [2.05, 4.69) is 68.4 Å². The number of nitrogens with one attached hydrogen (secondary N) is 2. The van der Waals surface area contributed by atoms with Gasteiger partial charge in [0.15, 0.2) is 0 Å². The second-order valence-corrected chi connectivity index (χ2v) is 10.8. The second-order valence-electron chi connectivity index (χ2n) is 9.66. The van der Waals surface area contributed by atoms with Crippen molar-refractivity contribution >= 4 is 28.6 Å². The number of hydrogen-bond acceptors (Lipinski definition) is 2. The topological polar surface area (TPSA) is 44.9 Å². The summed E-state index contributed by atoms with van der Waals surface area (Å²) in [7, 11) is 0. The van der Waals surface area contributed by atoms with Crippen LogP contribution in [-0.4, -0.2) is 23.2 Å². The normalized spacial score (nSPS) is 12.1. The molecule has 0 aliphatic carbocycles. The molecule has 4 heteroatoms. The van der Waals surface area contributed by atoms with Crippen LogP contribution in [-0.2, 0) is 6.42 Å². The third kappa shape index (κ3) is 9.23. The van der Waals surface area contributed by atoms with Crippen LogP contribution in [0.25, 0.3) is 10.9 Å². The lowest BCUT2D eigenvalue weighted by Crippen LogP contribution is -2.25. The van der Waals surface area contributed by atoms with Gasteiger partial charge in [-0.1, -0.05) is 53.1 Å². The summed E-state index contributed by atoms with van der Waals surface area (Å²) in [5.74, 6) is 0.928. The third-order valence-electron chi connectivity index (χ3n) is 6.28. The van der Waals surface area contributed by atoms with Gasteiger partial charge in [-0.15, -0.1) is 11.8 Å². The van der Waals surface area contributed by atoms with Crippen molar-refractivity contribution in [2.24, 2.45) is 0 Å². The van der Waals surface area contributed by atoms with Crippen molar-refractivity contribution in [3.63, 3.8) is 0 Å². The SMILES string of the molecule is CC(C)=CCC/C(C)=C/CC/C(C)=C/CSc1ccc(C(=O)NCCc2c[nH]c3ccccc23)cc1. The molecule has 2 aromatic carbocycles. The van der Waals surface area contributed by atoms with Gasteiger partial charge in [0.1, 0.15) is 0 Å². The van der Waals surface area contributed by atoms with Gasteiger partial charge in [-0.25, -0.2) is 0 Å². The van der Waals surface area contributed by atoms with Crippen molar-refractivity contribution in [2.45, 2.75) is 64.7 Å². The van der Waals surface area contributed by atoms with E-state index in [-0.39, 0.29) is 5.91 Å². The quantitative estimate of drug-likeness (QED) is 0.182. The van der Waals surface area contributed by atoms with Crippen molar-refractivity contribution in [1.82, 2.24) is 10.3 Å². The van der Waals surface area contributed by atoms with Crippen LogP contribution in [0.1, 0.15) is 69.3 Å². The van der Waals surface area contributed by atoms with E-state index in [4.69, 9.17) is 0 Å². The number of aromatic amines is 1. The van der Waals surface area contributed by atoms with Crippen LogP contribution in [0.2, 0.25) is 0 Å². The van der Waals surface area contributed by atoms with Gasteiger partial charge in [0.2, 0.25) is 0 Å². The summed E-state index contributed by atoms with van der Waals surface area (Å²) >= 11 is 1.81. The van der Waals surface area contributed by atoms with Crippen LogP contribution in [0.15, 0.2) is 94.6 Å². The first-order valence-corrected chi connectivity index (χ1v) is 13.9. The van der Waals surface area contributed by atoms with E-state index >= 15 is 0 Å². The largest absolute Gasteiger partial charge is 0.361 e. The third-order valence-corrected chi connectivity index (χ3v) is 7.21. The number of para-hydroxylation sites is 1. The summed E-state index contributed by atoms with van der Waals surface area (Å²) in [6.07, 6.45) is 14.4. The highest BCUT2D eigenvalue weighted by atomic mass is 32.2. The first kappa shape index (κ1) is 27.6. The number of thioether (sulfide) groups is 1. The van der Waals surface area contributed by atoms with E-state index in [1.54, 1.807) is 11.8 Å². The zero-order chi connectivity index (χ0) is 25.8. The number of fused-ring (bicyclic) bond motifs is 1. The fourth-order valence-electron chi connectivity index (χ4n) is 4.07. The highest BCUT2D eigenvalue weighted by Gasteiger charge is 2.07. The Kier molecular flexibility index (Phi) is 11.2. The van der Waals surface area contributed by atoms with Crippen LogP contribution < -0.4 is 5.32 Å². The number of carbonyl (C=O) groups excluding carboxylic acids is 1. The molecule has 3 rings (SSSR count). The van der Waals surface area contributed by atoms with Crippen molar-refractivity contribution in [3.05, 3.63) is 101 Å². The lowest BCUT2D eigenvalue weighted by atomic mass is 10.1. The summed E-state index contributed by atoms with van der Waals surface area (Å²) in [5, 5.41) is 4.27. The number of carbonyl (C=O) groups is 1. The molecule has 0 fully saturated rings. The zero-order valence-corrected chi connectivity index (χ0v) is 23.0. The molecule has 0 aliphatic heterocycles. The van der Waals surface area contributed by atoms with Gasteiger partial charge in [0.05, 0.1) is 0 Å². The zero-order valence-electron chi connectivity index (χ0n) is 22.2. The Labute approximate surface area is 221 Å². The molecular formula is C32H40N2OS. The van der Waals surface area contributed by atoms with Crippen LogP contribution in [0, 0.1) is 0 Å². The number of aromatic nitrogens is 1. The first-order chi connectivity index (χ1) is 17.4. The Morgan fingerprint density at radius 2 is 1.58 bits per heavy atom. The minimum atomic E-state index is -0.0219. The van der Waals surface area contributed by atoms with Crippen molar-refractivity contribution < 1.29 is 4.79 Å². The molecule has 0 spiro atoms. The number of allylic oxidation sites excluding steroid dienone is 5. The lowest BCUT2D eigenvalue weighted by molar-refractivity contribution is 0.0954. The molecule has 36 heavy (non-hydrogen) atoms. The number of H-pyrrole nitrogens is 1. The minimum Gasteiger partial charge on any atom is -0.361 e. The Balaban J connectivity index is 1.36. The predicted octanol–water partition coefficient (Wildman–Crippen LogP) is 8.65. The van der Waals surface area contributed by atoms with E-state index in [0.717, 1.165) is 43.4 Å². The van der Waals surface area contributed by atoms with Gasteiger partial charge in [-0.2, -0.15) is 0 Å². The minimum absolute atomic E-state index is 0.0219. The average Bonchev–Trinajstić information content (AvgIpc) is 3.27. The van der Waals surface area contributed by atoms with Crippen LogP contribution in [0.4, 0.5) is 0 Å². The van der Waals surface area contributed by atoms with Crippen LogP contribution in [0.3, 0.4) is 0 Å². The van der Waals surface area contributed by atoms with Gasteiger partial charge in [0.25, 0.3) is 5.91 Å². The summed E-state index contributed by atoms with van der Waals surface area (Å²) in [6, 6.07) is 16.2. The van der Waals surface area contributed by atoms with E-state index in [1.807, 2.05) is 42.6 Å². The molecule has 1 aromatic heterocycles. The number of hydrogen-bond donors (Lipinski definition) is 2. The van der Waals surface area contributed by atoms with E-state index in [0.29, 0.717) is 12.1 Å². The first-order valence-electron chi connectivity index (χ1n) is 12.9. The molecular weight excluding hydrogens is 460 g/mol. The van der Waals surface area contributed by atoms with Gasteiger partial charge in [-0.05, 0) is 95.7 Å². The summed E-state index contributed by atoms with van der Waals surface area (Å²) in [4.78, 5) is 17.0. The fourth-order valence-corrected chi connectivity index (χ4v) is 4.96. The monoisotopic (exact) mass is 500 g/mol. The summed E-state index contributed by atoms with van der Waals surface area (Å²) < 4.78 is 0. The number of rotatable bonds is 13. The Morgan fingerprint density at radius 1 is 0.889 bits per heavy atom. The maximum Gasteiger partial charge on any atom is 0.251 e. The predicted molar refractivity (Wildman–Crippen MR) is 157 cm³/mol. The molecule has 2 N–H and O–H groups in total. The average molecular weight is 501 g/mol. The van der Waals surface area contributed by atoms with Gasteiger partial charge in [-0.3, -0.25) is 4.79 Å². The number of benzene rings is 2. The highest BCUT2D eigenvalue weighted by Crippen LogP contribution is 2.21.